The molecule has 0 spiro atoms. The molecule has 9 heteroatoms. The molecule has 8 nitrogen and oxygen atoms in total. The molecule has 2 aromatic rings. The second-order valence-electron chi connectivity index (χ2n) is 8.88. The van der Waals surface area contributed by atoms with Crippen LogP contribution in [0.1, 0.15) is 37.4 Å². The Morgan fingerprint density at radius 1 is 1.00 bits per heavy atom. The van der Waals surface area contributed by atoms with Crippen LogP contribution in [-0.4, -0.2) is 79.2 Å². The molecule has 2 fully saturated rings. The van der Waals surface area contributed by atoms with Gasteiger partial charge in [0.1, 0.15) is 11.6 Å². The van der Waals surface area contributed by atoms with E-state index < -0.39 is 23.5 Å². The van der Waals surface area contributed by atoms with Crippen molar-refractivity contribution in [3.05, 3.63) is 65.0 Å². The maximum Gasteiger partial charge on any atom is 0.295 e. The number of carbonyl (C=O) groups is 2. The van der Waals surface area contributed by atoms with Crippen LogP contribution in [0.25, 0.3) is 5.76 Å². The minimum absolute atomic E-state index is 0.0328. The van der Waals surface area contributed by atoms with Crippen LogP contribution in [0.5, 0.6) is 11.5 Å². The normalized spacial score (nSPS) is 19.9. The van der Waals surface area contributed by atoms with Gasteiger partial charge in [-0.05, 0) is 62.2 Å². The molecule has 2 heterocycles. The third-order valence-electron chi connectivity index (χ3n) is 6.52. The quantitative estimate of drug-likeness (QED) is 0.295. The predicted octanol–water partition coefficient (Wildman–Crippen LogP) is 3.77. The van der Waals surface area contributed by atoms with E-state index in [0.717, 1.165) is 19.6 Å². The first-order valence-electron chi connectivity index (χ1n) is 12.7. The van der Waals surface area contributed by atoms with E-state index in [1.54, 1.807) is 18.2 Å². The van der Waals surface area contributed by atoms with Crippen LogP contribution in [-0.2, 0) is 14.3 Å². The first kappa shape index (κ1) is 26.6. The number of ether oxygens (including phenoxy) is 3. The lowest BCUT2D eigenvalue weighted by Gasteiger charge is -2.29. The average Bonchev–Trinajstić information content (AvgIpc) is 3.16. The van der Waals surface area contributed by atoms with Crippen molar-refractivity contribution in [3.8, 4) is 11.5 Å². The Labute approximate surface area is 216 Å². The minimum atomic E-state index is -0.829. The number of benzene rings is 2. The summed E-state index contributed by atoms with van der Waals surface area (Å²) in [7, 11) is 0. The Kier molecular flexibility index (Phi) is 8.78. The molecule has 1 atom stereocenters. The first-order chi connectivity index (χ1) is 17.9. The SMILES string of the molecule is CCOc1ccc([C@@H]2C(=C(O)c3ccc(F)cc3)C(=O)C(=O)N2CCCN2CCOCC2)cc1OCC. The van der Waals surface area contributed by atoms with Crippen LogP contribution >= 0.6 is 0 Å². The zero-order valence-electron chi connectivity index (χ0n) is 21.2. The fraction of sp³-hybridized carbons (Fsp3) is 0.429. The number of carbonyl (C=O) groups excluding carboxylic acids is 2. The number of amides is 1. The van der Waals surface area contributed by atoms with Crippen molar-refractivity contribution in [2.45, 2.75) is 26.3 Å². The van der Waals surface area contributed by atoms with E-state index in [1.165, 1.54) is 29.2 Å². The van der Waals surface area contributed by atoms with Crippen molar-refractivity contribution in [1.82, 2.24) is 9.80 Å². The summed E-state index contributed by atoms with van der Waals surface area (Å²) in [4.78, 5) is 30.3. The molecule has 198 valence electrons. The largest absolute Gasteiger partial charge is 0.507 e. The molecule has 0 radical (unpaired) electrons. The second kappa shape index (κ2) is 12.2. The number of hydrogen-bond donors (Lipinski definition) is 1. The molecular weight excluding hydrogens is 479 g/mol. The molecule has 0 aromatic heterocycles. The van der Waals surface area contributed by atoms with Crippen molar-refractivity contribution in [1.29, 1.82) is 0 Å². The van der Waals surface area contributed by atoms with E-state index in [-0.39, 0.29) is 16.9 Å². The van der Waals surface area contributed by atoms with Crippen LogP contribution in [0.4, 0.5) is 4.39 Å². The zero-order chi connectivity index (χ0) is 26.4. The highest BCUT2D eigenvalue weighted by atomic mass is 19.1. The van der Waals surface area contributed by atoms with Gasteiger partial charge in [-0.3, -0.25) is 14.5 Å². The van der Waals surface area contributed by atoms with E-state index in [1.807, 2.05) is 13.8 Å². The van der Waals surface area contributed by atoms with Crippen LogP contribution in [0, 0.1) is 5.82 Å². The molecule has 2 saturated heterocycles. The maximum absolute atomic E-state index is 13.5. The Hall–Kier alpha value is -3.43. The van der Waals surface area contributed by atoms with Crippen molar-refractivity contribution in [3.63, 3.8) is 0 Å². The number of rotatable bonds is 10. The van der Waals surface area contributed by atoms with Gasteiger partial charge in [-0.15, -0.1) is 0 Å². The molecule has 2 aromatic carbocycles. The molecule has 2 aliphatic heterocycles. The van der Waals surface area contributed by atoms with Gasteiger partial charge in [-0.2, -0.15) is 0 Å². The molecule has 1 N–H and O–H groups in total. The number of aliphatic hydroxyl groups is 1. The number of halogens is 1. The third kappa shape index (κ3) is 5.94. The molecule has 2 aliphatic rings. The fourth-order valence-corrected chi connectivity index (χ4v) is 4.75. The van der Waals surface area contributed by atoms with Gasteiger partial charge < -0.3 is 24.2 Å². The van der Waals surface area contributed by atoms with Gasteiger partial charge in [0.2, 0.25) is 0 Å². The summed E-state index contributed by atoms with van der Waals surface area (Å²) in [6.07, 6.45) is 0.648. The number of nitrogens with zero attached hydrogens (tertiary/aromatic N) is 2. The number of aliphatic hydroxyl groups excluding tert-OH is 1. The first-order valence-corrected chi connectivity index (χ1v) is 12.7. The van der Waals surface area contributed by atoms with Gasteiger partial charge >= 0.3 is 0 Å². The number of hydrogen-bond acceptors (Lipinski definition) is 7. The third-order valence-corrected chi connectivity index (χ3v) is 6.52. The molecule has 0 saturated carbocycles. The lowest BCUT2D eigenvalue weighted by atomic mass is 9.95. The van der Waals surface area contributed by atoms with Gasteiger partial charge in [0.25, 0.3) is 11.7 Å². The molecule has 37 heavy (non-hydrogen) atoms. The smallest absolute Gasteiger partial charge is 0.295 e. The lowest BCUT2D eigenvalue weighted by molar-refractivity contribution is -0.140. The zero-order valence-corrected chi connectivity index (χ0v) is 21.2. The Bertz CT molecular complexity index is 1140. The van der Waals surface area contributed by atoms with Gasteiger partial charge in [0, 0.05) is 31.7 Å². The summed E-state index contributed by atoms with van der Waals surface area (Å²) < 4.78 is 30.4. The van der Waals surface area contributed by atoms with Crippen molar-refractivity contribution < 1.29 is 33.3 Å². The van der Waals surface area contributed by atoms with E-state index in [0.29, 0.717) is 56.5 Å². The lowest BCUT2D eigenvalue weighted by Crippen LogP contribution is -2.39. The Morgan fingerprint density at radius 2 is 1.68 bits per heavy atom. The van der Waals surface area contributed by atoms with Crippen molar-refractivity contribution >= 4 is 17.4 Å². The fourth-order valence-electron chi connectivity index (χ4n) is 4.75. The van der Waals surface area contributed by atoms with Crippen LogP contribution in [0.3, 0.4) is 0 Å². The summed E-state index contributed by atoms with van der Waals surface area (Å²) in [5, 5.41) is 11.2. The molecular formula is C28H33FN2O6. The second-order valence-corrected chi connectivity index (χ2v) is 8.88. The van der Waals surface area contributed by atoms with Gasteiger partial charge in [-0.25, -0.2) is 4.39 Å². The Balaban J connectivity index is 1.72. The summed E-state index contributed by atoms with van der Waals surface area (Å²) in [6, 6.07) is 9.61. The van der Waals surface area contributed by atoms with Gasteiger partial charge in [0.15, 0.2) is 11.5 Å². The maximum atomic E-state index is 13.5. The highest BCUT2D eigenvalue weighted by Crippen LogP contribution is 2.42. The van der Waals surface area contributed by atoms with E-state index in [9.17, 15) is 19.1 Å². The van der Waals surface area contributed by atoms with Gasteiger partial charge in [0.05, 0.1) is 38.0 Å². The molecule has 1 amide bonds. The van der Waals surface area contributed by atoms with E-state index >= 15 is 0 Å². The molecule has 4 rings (SSSR count). The van der Waals surface area contributed by atoms with E-state index in [2.05, 4.69) is 4.90 Å². The number of ketones is 1. The van der Waals surface area contributed by atoms with Crippen molar-refractivity contribution in [2.24, 2.45) is 0 Å². The summed E-state index contributed by atoms with van der Waals surface area (Å²) in [5.41, 5.74) is 0.837. The van der Waals surface area contributed by atoms with E-state index in [4.69, 9.17) is 14.2 Å². The van der Waals surface area contributed by atoms with Gasteiger partial charge in [-0.1, -0.05) is 6.07 Å². The monoisotopic (exact) mass is 512 g/mol. The minimum Gasteiger partial charge on any atom is -0.507 e. The summed E-state index contributed by atoms with van der Waals surface area (Å²) >= 11 is 0. The summed E-state index contributed by atoms with van der Waals surface area (Å²) in [6.45, 7) is 8.65. The van der Waals surface area contributed by atoms with Crippen LogP contribution in [0.15, 0.2) is 48.0 Å². The molecule has 0 bridgehead atoms. The topological polar surface area (TPSA) is 88.5 Å². The number of Topliss-reactive ketones (excluding diaryl/α,β-unsaturated/α-hetero) is 1. The standard InChI is InChI=1S/C28H33FN2O6/c1-3-36-22-11-8-20(18-23(22)37-4-2)25-24(26(32)19-6-9-21(29)10-7-19)27(33)28(34)31(25)13-5-12-30-14-16-35-17-15-30/h6-11,18,25,32H,3-5,12-17H2,1-2H3/t25-/m1/s1. The number of likely N-dealkylation sites (tertiary alicyclic amines) is 1. The Morgan fingerprint density at radius 3 is 2.35 bits per heavy atom. The summed E-state index contributed by atoms with van der Waals surface area (Å²) in [5.74, 6) is -1.22. The highest BCUT2D eigenvalue weighted by Gasteiger charge is 2.46. The van der Waals surface area contributed by atoms with Crippen LogP contribution < -0.4 is 9.47 Å². The van der Waals surface area contributed by atoms with Crippen LogP contribution in [0.2, 0.25) is 0 Å². The predicted molar refractivity (Wildman–Crippen MR) is 136 cm³/mol. The van der Waals surface area contributed by atoms with Crippen molar-refractivity contribution in [2.75, 3.05) is 52.6 Å². The highest BCUT2D eigenvalue weighted by molar-refractivity contribution is 6.46. The number of morpholine rings is 1. The average molecular weight is 513 g/mol. The molecule has 0 unspecified atom stereocenters. The molecule has 0 aliphatic carbocycles.